The molecular formula is C20H20N2O6S. The van der Waals surface area contributed by atoms with Crippen LogP contribution in [0.5, 0.6) is 0 Å². The summed E-state index contributed by atoms with van der Waals surface area (Å²) in [5.41, 5.74) is 3.59. The number of carbonyl (C=O) groups excluding carboxylic acids is 2. The molecule has 3 rings (SSSR count). The molecule has 2 N–H and O–H groups in total. The van der Waals surface area contributed by atoms with Crippen LogP contribution in [0, 0.1) is 0 Å². The van der Waals surface area contributed by atoms with Crippen LogP contribution >= 0.6 is 0 Å². The summed E-state index contributed by atoms with van der Waals surface area (Å²) in [6.45, 7) is 2.40. The fraction of sp³-hybridized carbons (Fsp3) is 0.200. The highest BCUT2D eigenvalue weighted by atomic mass is 32.2. The van der Waals surface area contributed by atoms with Gasteiger partial charge >= 0.3 is 5.97 Å². The Kier molecular flexibility index (Phi) is 5.71. The number of hydrogen-bond acceptors (Lipinski definition) is 7. The fourth-order valence-electron chi connectivity index (χ4n) is 2.99. The summed E-state index contributed by atoms with van der Waals surface area (Å²) >= 11 is 0. The SMILES string of the molecule is CC(=O)NS(=O)(=O)c1ccc(C2(c3ccccc3)C=C(COC(C)=O)ON2)cc1. The summed E-state index contributed by atoms with van der Waals surface area (Å²) in [6.07, 6.45) is 1.78. The molecule has 2 aromatic rings. The van der Waals surface area contributed by atoms with E-state index in [-0.39, 0.29) is 11.5 Å². The topological polar surface area (TPSA) is 111 Å². The van der Waals surface area contributed by atoms with Crippen LogP contribution in [-0.2, 0) is 34.7 Å². The Labute approximate surface area is 168 Å². The molecule has 1 atom stereocenters. The molecule has 1 heterocycles. The molecule has 9 heteroatoms. The number of benzene rings is 2. The quantitative estimate of drug-likeness (QED) is 0.690. The van der Waals surface area contributed by atoms with Gasteiger partial charge < -0.3 is 9.57 Å². The Morgan fingerprint density at radius 1 is 1.03 bits per heavy atom. The molecule has 1 aliphatic rings. The van der Waals surface area contributed by atoms with Gasteiger partial charge in [-0.15, -0.1) is 5.48 Å². The zero-order chi connectivity index (χ0) is 21.1. The van der Waals surface area contributed by atoms with E-state index in [4.69, 9.17) is 9.57 Å². The third-order valence-electron chi connectivity index (χ3n) is 4.27. The van der Waals surface area contributed by atoms with Crippen LogP contribution < -0.4 is 10.2 Å². The van der Waals surface area contributed by atoms with E-state index in [1.54, 1.807) is 18.2 Å². The Hall–Kier alpha value is -3.17. The second-order valence-electron chi connectivity index (χ2n) is 6.46. The summed E-state index contributed by atoms with van der Waals surface area (Å²) in [7, 11) is -3.94. The fourth-order valence-corrected chi connectivity index (χ4v) is 3.98. The zero-order valence-corrected chi connectivity index (χ0v) is 16.7. The van der Waals surface area contributed by atoms with Gasteiger partial charge in [0.15, 0.2) is 12.4 Å². The molecule has 0 spiro atoms. The van der Waals surface area contributed by atoms with Crippen molar-refractivity contribution in [3.05, 3.63) is 77.6 Å². The van der Waals surface area contributed by atoms with E-state index in [0.29, 0.717) is 11.3 Å². The highest BCUT2D eigenvalue weighted by Crippen LogP contribution is 2.36. The maximum Gasteiger partial charge on any atom is 0.303 e. The van der Waals surface area contributed by atoms with Gasteiger partial charge in [0, 0.05) is 13.8 Å². The lowest BCUT2D eigenvalue weighted by atomic mass is 9.83. The Morgan fingerprint density at radius 2 is 1.66 bits per heavy atom. The van der Waals surface area contributed by atoms with Crippen molar-refractivity contribution in [3.63, 3.8) is 0 Å². The second-order valence-corrected chi connectivity index (χ2v) is 8.14. The maximum atomic E-state index is 12.2. The minimum Gasteiger partial charge on any atom is -0.458 e. The van der Waals surface area contributed by atoms with Crippen LogP contribution in [0.1, 0.15) is 25.0 Å². The lowest BCUT2D eigenvalue weighted by molar-refractivity contribution is -0.141. The van der Waals surface area contributed by atoms with E-state index in [9.17, 15) is 18.0 Å². The highest BCUT2D eigenvalue weighted by molar-refractivity contribution is 7.90. The first-order chi connectivity index (χ1) is 13.7. The Morgan fingerprint density at radius 3 is 2.24 bits per heavy atom. The average Bonchev–Trinajstić information content (AvgIpc) is 3.12. The number of hydrogen-bond donors (Lipinski definition) is 2. The first-order valence-corrected chi connectivity index (χ1v) is 10.2. The molecule has 0 aromatic heterocycles. The standard InChI is InChI=1S/C20H20N2O6S/c1-14(23)21-29(25,26)19-10-8-17(9-11-19)20(16-6-4-3-5-7-16)12-18(28-22-20)13-27-15(2)24/h3-12,22H,13H2,1-2H3,(H,21,23). The maximum absolute atomic E-state index is 12.2. The lowest BCUT2D eigenvalue weighted by Gasteiger charge is -2.27. The number of esters is 1. The van der Waals surface area contributed by atoms with Gasteiger partial charge in [0.1, 0.15) is 5.54 Å². The molecule has 2 aromatic carbocycles. The second kappa shape index (κ2) is 8.06. The van der Waals surface area contributed by atoms with Crippen molar-refractivity contribution in [3.8, 4) is 0 Å². The van der Waals surface area contributed by atoms with Gasteiger partial charge in [0.2, 0.25) is 5.91 Å². The Balaban J connectivity index is 2.01. The molecule has 0 bridgehead atoms. The smallest absolute Gasteiger partial charge is 0.303 e. The van der Waals surface area contributed by atoms with E-state index in [1.165, 1.54) is 19.1 Å². The third kappa shape index (κ3) is 4.47. The first kappa shape index (κ1) is 20.6. The van der Waals surface area contributed by atoms with Gasteiger partial charge in [-0.25, -0.2) is 13.1 Å². The molecule has 1 unspecified atom stereocenters. The van der Waals surface area contributed by atoms with Crippen molar-refractivity contribution < 1.29 is 27.6 Å². The van der Waals surface area contributed by atoms with E-state index in [2.05, 4.69) is 5.48 Å². The van der Waals surface area contributed by atoms with Crippen LogP contribution in [0.15, 0.2) is 71.3 Å². The van der Waals surface area contributed by atoms with Crippen molar-refractivity contribution in [1.82, 2.24) is 10.2 Å². The number of rotatable bonds is 6. The molecule has 29 heavy (non-hydrogen) atoms. The number of carbonyl (C=O) groups is 2. The van der Waals surface area contributed by atoms with Gasteiger partial charge in [-0.3, -0.25) is 9.59 Å². The average molecular weight is 416 g/mol. The first-order valence-electron chi connectivity index (χ1n) is 8.71. The molecular weight excluding hydrogens is 396 g/mol. The number of sulfonamides is 1. The zero-order valence-electron chi connectivity index (χ0n) is 15.8. The molecule has 8 nitrogen and oxygen atoms in total. The van der Waals surface area contributed by atoms with Crippen molar-refractivity contribution in [1.29, 1.82) is 0 Å². The number of nitrogens with one attached hydrogen (secondary N) is 2. The van der Waals surface area contributed by atoms with E-state index >= 15 is 0 Å². The number of ether oxygens (including phenoxy) is 1. The van der Waals surface area contributed by atoms with Gasteiger partial charge in [-0.1, -0.05) is 42.5 Å². The number of amides is 1. The van der Waals surface area contributed by atoms with Gasteiger partial charge in [-0.05, 0) is 29.3 Å². The van der Waals surface area contributed by atoms with Gasteiger partial charge in [0.05, 0.1) is 4.90 Å². The molecule has 152 valence electrons. The van der Waals surface area contributed by atoms with Crippen molar-refractivity contribution in [2.24, 2.45) is 0 Å². The monoisotopic (exact) mass is 416 g/mol. The largest absolute Gasteiger partial charge is 0.458 e. The number of hydroxylamine groups is 1. The minimum atomic E-state index is -3.94. The molecule has 0 radical (unpaired) electrons. The van der Waals surface area contributed by atoms with Gasteiger partial charge in [0.25, 0.3) is 10.0 Å². The summed E-state index contributed by atoms with van der Waals surface area (Å²) < 4.78 is 31.3. The molecule has 1 amide bonds. The van der Waals surface area contributed by atoms with E-state index in [0.717, 1.165) is 12.5 Å². The molecule has 0 saturated heterocycles. The van der Waals surface area contributed by atoms with Gasteiger partial charge in [-0.2, -0.15) is 0 Å². The molecule has 0 aliphatic carbocycles. The molecule has 0 saturated carbocycles. The summed E-state index contributed by atoms with van der Waals surface area (Å²) in [6, 6.07) is 15.5. The normalized spacial score (nSPS) is 18.5. The van der Waals surface area contributed by atoms with Crippen molar-refractivity contribution >= 4 is 21.9 Å². The minimum absolute atomic E-state index is 0.0358. The van der Waals surface area contributed by atoms with Crippen LogP contribution in [-0.4, -0.2) is 26.9 Å². The van der Waals surface area contributed by atoms with E-state index in [1.807, 2.05) is 35.1 Å². The lowest BCUT2D eigenvalue weighted by Crippen LogP contribution is -2.37. The summed E-state index contributed by atoms with van der Waals surface area (Å²) in [5, 5.41) is 0. The van der Waals surface area contributed by atoms with Crippen molar-refractivity contribution in [2.75, 3.05) is 6.61 Å². The van der Waals surface area contributed by atoms with Crippen molar-refractivity contribution in [2.45, 2.75) is 24.3 Å². The van der Waals surface area contributed by atoms with Crippen LogP contribution in [0.3, 0.4) is 0 Å². The highest BCUT2D eigenvalue weighted by Gasteiger charge is 2.39. The van der Waals surface area contributed by atoms with Crippen LogP contribution in [0.2, 0.25) is 0 Å². The molecule has 0 fully saturated rings. The third-order valence-corrected chi connectivity index (χ3v) is 5.71. The Bertz CT molecular complexity index is 1050. The van der Waals surface area contributed by atoms with E-state index < -0.39 is 27.4 Å². The summed E-state index contributed by atoms with van der Waals surface area (Å²) in [5.74, 6) is -0.683. The van der Waals surface area contributed by atoms with Crippen LogP contribution in [0.4, 0.5) is 0 Å². The summed E-state index contributed by atoms with van der Waals surface area (Å²) in [4.78, 5) is 27.7. The van der Waals surface area contributed by atoms with Crippen LogP contribution in [0.25, 0.3) is 0 Å². The molecule has 1 aliphatic heterocycles. The predicted molar refractivity (Wildman–Crippen MR) is 104 cm³/mol. The predicted octanol–water partition coefficient (Wildman–Crippen LogP) is 1.74.